The van der Waals surface area contributed by atoms with Crippen molar-refractivity contribution < 1.29 is 4.42 Å². The van der Waals surface area contributed by atoms with Gasteiger partial charge in [-0.15, -0.1) is 0 Å². The van der Waals surface area contributed by atoms with Gasteiger partial charge in [-0.25, -0.2) is 9.97 Å². The Balaban J connectivity index is 2.28. The van der Waals surface area contributed by atoms with E-state index in [2.05, 4.69) is 9.97 Å². The van der Waals surface area contributed by atoms with Gasteiger partial charge in [0.2, 0.25) is 5.95 Å². The molecule has 0 aliphatic heterocycles. The highest BCUT2D eigenvalue weighted by atomic mass is 32.2. The molecule has 0 saturated heterocycles. The largest absolute Gasteiger partial charge is 0.468 e. The minimum Gasteiger partial charge on any atom is -0.468 e. The number of furan rings is 1. The number of anilines is 1. The zero-order chi connectivity index (χ0) is 10.8. The number of rotatable bonds is 2. The molecule has 0 aromatic carbocycles. The summed E-state index contributed by atoms with van der Waals surface area (Å²) in [7, 11) is 0. The number of nitrogen functional groups attached to an aromatic ring is 1. The first-order chi connectivity index (χ1) is 7.15. The molecule has 0 aliphatic rings. The number of nitrogens with zero attached hydrogens (tertiary/aromatic N) is 2. The van der Waals surface area contributed by atoms with Crippen LogP contribution in [0, 0.1) is 13.8 Å². The second-order valence-electron chi connectivity index (χ2n) is 3.15. The summed E-state index contributed by atoms with van der Waals surface area (Å²) in [5.74, 6) is 1.19. The molecule has 15 heavy (non-hydrogen) atoms. The van der Waals surface area contributed by atoms with E-state index in [0.717, 1.165) is 21.4 Å². The first-order valence-corrected chi connectivity index (χ1v) is 5.30. The highest BCUT2D eigenvalue weighted by Crippen LogP contribution is 2.29. The predicted molar refractivity (Wildman–Crippen MR) is 58.7 cm³/mol. The molecule has 78 valence electrons. The summed E-state index contributed by atoms with van der Waals surface area (Å²) < 4.78 is 5.20. The minimum atomic E-state index is 0.304. The van der Waals surface area contributed by atoms with Gasteiger partial charge in [-0.3, -0.25) is 0 Å². The minimum absolute atomic E-state index is 0.304. The maximum Gasteiger partial charge on any atom is 0.221 e. The van der Waals surface area contributed by atoms with E-state index in [4.69, 9.17) is 10.2 Å². The van der Waals surface area contributed by atoms with Crippen molar-refractivity contribution in [2.75, 3.05) is 5.73 Å². The first-order valence-electron chi connectivity index (χ1n) is 4.48. The van der Waals surface area contributed by atoms with E-state index in [1.165, 1.54) is 11.8 Å². The van der Waals surface area contributed by atoms with Crippen molar-refractivity contribution in [3.05, 3.63) is 29.9 Å². The van der Waals surface area contributed by atoms with Crippen LogP contribution in [0.2, 0.25) is 0 Å². The standard InChI is InChI=1S/C10H11N3OS/c1-6-5-9(13-10(11)12-6)15-8-3-4-14-7(8)2/h3-5H,1-2H3,(H2,11,12,13). The third-order valence-corrected chi connectivity index (χ3v) is 2.94. The molecule has 2 aromatic rings. The second-order valence-corrected chi connectivity index (χ2v) is 4.21. The third-order valence-electron chi connectivity index (χ3n) is 1.87. The lowest BCUT2D eigenvalue weighted by molar-refractivity contribution is 0.527. The van der Waals surface area contributed by atoms with Crippen LogP contribution in [0.3, 0.4) is 0 Å². The molecule has 5 heteroatoms. The van der Waals surface area contributed by atoms with Crippen LogP contribution in [0.4, 0.5) is 5.95 Å². The molecule has 0 bridgehead atoms. The topological polar surface area (TPSA) is 64.9 Å². The number of aromatic nitrogens is 2. The smallest absolute Gasteiger partial charge is 0.221 e. The Morgan fingerprint density at radius 1 is 1.33 bits per heavy atom. The Morgan fingerprint density at radius 2 is 2.13 bits per heavy atom. The molecule has 0 amide bonds. The van der Waals surface area contributed by atoms with Gasteiger partial charge in [0.15, 0.2) is 0 Å². The zero-order valence-corrected chi connectivity index (χ0v) is 9.34. The molecule has 2 aromatic heterocycles. The molecule has 0 radical (unpaired) electrons. The Labute approximate surface area is 91.9 Å². The monoisotopic (exact) mass is 221 g/mol. The van der Waals surface area contributed by atoms with Crippen molar-refractivity contribution in [2.24, 2.45) is 0 Å². The van der Waals surface area contributed by atoms with E-state index in [9.17, 15) is 0 Å². The first kappa shape index (κ1) is 10.0. The van der Waals surface area contributed by atoms with Gasteiger partial charge in [0.05, 0.1) is 11.2 Å². The highest BCUT2D eigenvalue weighted by molar-refractivity contribution is 7.99. The van der Waals surface area contributed by atoms with Gasteiger partial charge in [-0.2, -0.15) is 0 Å². The van der Waals surface area contributed by atoms with E-state index in [1.807, 2.05) is 26.0 Å². The van der Waals surface area contributed by atoms with E-state index in [0.29, 0.717) is 5.95 Å². The molecule has 0 atom stereocenters. The summed E-state index contributed by atoms with van der Waals surface area (Å²) in [6.45, 7) is 3.81. The lowest BCUT2D eigenvalue weighted by Crippen LogP contribution is -1.97. The van der Waals surface area contributed by atoms with Crippen LogP contribution in [0.1, 0.15) is 11.5 Å². The van der Waals surface area contributed by atoms with Crippen molar-refractivity contribution >= 4 is 17.7 Å². The van der Waals surface area contributed by atoms with Gasteiger partial charge in [0.25, 0.3) is 0 Å². The van der Waals surface area contributed by atoms with Gasteiger partial charge >= 0.3 is 0 Å². The van der Waals surface area contributed by atoms with Crippen LogP contribution in [0.5, 0.6) is 0 Å². The Kier molecular flexibility index (Phi) is 2.64. The third kappa shape index (κ3) is 2.30. The van der Waals surface area contributed by atoms with Gasteiger partial charge in [0.1, 0.15) is 10.8 Å². The maximum absolute atomic E-state index is 5.57. The van der Waals surface area contributed by atoms with Crippen LogP contribution >= 0.6 is 11.8 Å². The lowest BCUT2D eigenvalue weighted by Gasteiger charge is -2.01. The molecule has 0 fully saturated rings. The van der Waals surface area contributed by atoms with Crippen molar-refractivity contribution in [2.45, 2.75) is 23.8 Å². The Morgan fingerprint density at radius 3 is 2.73 bits per heavy atom. The Hall–Kier alpha value is -1.49. The molecule has 2 N–H and O–H groups in total. The quantitative estimate of drug-likeness (QED) is 0.789. The summed E-state index contributed by atoms with van der Waals surface area (Å²) in [4.78, 5) is 9.20. The summed E-state index contributed by atoms with van der Waals surface area (Å²) in [6.07, 6.45) is 1.66. The normalized spacial score (nSPS) is 10.5. The van der Waals surface area contributed by atoms with Crippen LogP contribution in [0.15, 0.2) is 32.7 Å². The van der Waals surface area contributed by atoms with Crippen molar-refractivity contribution in [1.82, 2.24) is 9.97 Å². The van der Waals surface area contributed by atoms with Crippen molar-refractivity contribution in [3.63, 3.8) is 0 Å². The predicted octanol–water partition coefficient (Wildman–Crippen LogP) is 2.42. The summed E-state index contributed by atoms with van der Waals surface area (Å²) in [6, 6.07) is 3.81. The number of aryl methyl sites for hydroxylation is 2. The molecule has 2 heterocycles. The molecule has 0 saturated carbocycles. The average Bonchev–Trinajstić information content (AvgIpc) is 2.50. The van der Waals surface area contributed by atoms with Gasteiger partial charge < -0.3 is 10.2 Å². The molecular formula is C10H11N3OS. The fourth-order valence-corrected chi connectivity index (χ4v) is 2.12. The fourth-order valence-electron chi connectivity index (χ4n) is 1.21. The van der Waals surface area contributed by atoms with Crippen LogP contribution in [-0.2, 0) is 0 Å². The molecular weight excluding hydrogens is 210 g/mol. The molecule has 2 rings (SSSR count). The van der Waals surface area contributed by atoms with Gasteiger partial charge in [0, 0.05) is 5.69 Å². The number of hydrogen-bond donors (Lipinski definition) is 1. The summed E-state index contributed by atoms with van der Waals surface area (Å²) in [5, 5.41) is 0.838. The van der Waals surface area contributed by atoms with Crippen molar-refractivity contribution in [3.8, 4) is 0 Å². The van der Waals surface area contributed by atoms with Crippen LogP contribution in [0.25, 0.3) is 0 Å². The second kappa shape index (κ2) is 3.94. The van der Waals surface area contributed by atoms with E-state index in [1.54, 1.807) is 6.26 Å². The van der Waals surface area contributed by atoms with Crippen LogP contribution in [-0.4, -0.2) is 9.97 Å². The van der Waals surface area contributed by atoms with Crippen molar-refractivity contribution in [1.29, 1.82) is 0 Å². The number of hydrogen-bond acceptors (Lipinski definition) is 5. The maximum atomic E-state index is 5.57. The lowest BCUT2D eigenvalue weighted by atomic mass is 10.5. The van der Waals surface area contributed by atoms with E-state index < -0.39 is 0 Å². The summed E-state index contributed by atoms with van der Waals surface area (Å²) >= 11 is 1.52. The SMILES string of the molecule is Cc1cc(Sc2ccoc2C)nc(N)n1. The fraction of sp³-hybridized carbons (Fsp3) is 0.200. The van der Waals surface area contributed by atoms with E-state index >= 15 is 0 Å². The summed E-state index contributed by atoms with van der Waals surface area (Å²) in [5.41, 5.74) is 6.43. The van der Waals surface area contributed by atoms with E-state index in [-0.39, 0.29) is 0 Å². The van der Waals surface area contributed by atoms with Crippen LogP contribution < -0.4 is 5.73 Å². The average molecular weight is 221 g/mol. The molecule has 0 unspecified atom stereocenters. The van der Waals surface area contributed by atoms with Gasteiger partial charge in [-0.1, -0.05) is 11.8 Å². The molecule has 0 spiro atoms. The molecule has 0 aliphatic carbocycles. The van der Waals surface area contributed by atoms with Gasteiger partial charge in [-0.05, 0) is 26.0 Å². The Bertz CT molecular complexity index is 461. The number of nitrogens with two attached hydrogens (primary N) is 1. The highest BCUT2D eigenvalue weighted by Gasteiger charge is 2.06. The zero-order valence-electron chi connectivity index (χ0n) is 8.52. The molecule has 4 nitrogen and oxygen atoms in total.